The summed E-state index contributed by atoms with van der Waals surface area (Å²) in [5.74, 6) is -1.45. The van der Waals surface area contributed by atoms with Crippen LogP contribution in [-0.2, 0) is 30.8 Å². The summed E-state index contributed by atoms with van der Waals surface area (Å²) >= 11 is 0.921. The highest BCUT2D eigenvalue weighted by molar-refractivity contribution is 7.89. The number of carbonyl (C=O) groups is 3. The van der Waals surface area contributed by atoms with E-state index in [0.717, 1.165) is 17.3 Å². The van der Waals surface area contributed by atoms with E-state index >= 15 is 0 Å². The fraction of sp³-hybridized carbons (Fsp3) is 0.348. The number of fused-ring (bicyclic) bond motifs is 1. The van der Waals surface area contributed by atoms with Gasteiger partial charge in [-0.3, -0.25) is 19.3 Å². The van der Waals surface area contributed by atoms with Crippen LogP contribution in [0.2, 0.25) is 0 Å². The SMILES string of the molecule is O=C([C@H]1CCCN1S(=O)(=O)c1cccc2nsnc12)N1CC(=O)N(CCc2ccccc2)C(=O)C1. The molecule has 0 bridgehead atoms. The van der Waals surface area contributed by atoms with Gasteiger partial charge in [0.1, 0.15) is 35.1 Å². The lowest BCUT2D eigenvalue weighted by atomic mass is 10.1. The molecule has 1 aromatic heterocycles. The quantitative estimate of drug-likeness (QED) is 0.455. The van der Waals surface area contributed by atoms with Gasteiger partial charge < -0.3 is 4.90 Å². The van der Waals surface area contributed by atoms with Crippen molar-refractivity contribution < 1.29 is 22.8 Å². The lowest BCUT2D eigenvalue weighted by molar-refractivity contribution is -0.157. The highest BCUT2D eigenvalue weighted by Crippen LogP contribution is 2.31. The maximum absolute atomic E-state index is 13.5. The van der Waals surface area contributed by atoms with E-state index in [-0.39, 0.29) is 36.6 Å². The zero-order valence-electron chi connectivity index (χ0n) is 18.7. The third kappa shape index (κ3) is 4.44. The summed E-state index contributed by atoms with van der Waals surface area (Å²) in [6, 6.07) is 13.3. The number of hydrogen-bond donors (Lipinski definition) is 0. The molecule has 0 spiro atoms. The zero-order chi connectivity index (χ0) is 24.6. The molecule has 10 nitrogen and oxygen atoms in total. The first kappa shape index (κ1) is 23.5. The number of nitrogens with zero attached hydrogens (tertiary/aromatic N) is 5. The van der Waals surface area contributed by atoms with Gasteiger partial charge in [-0.2, -0.15) is 13.1 Å². The van der Waals surface area contributed by atoms with E-state index in [1.165, 1.54) is 20.2 Å². The summed E-state index contributed by atoms with van der Waals surface area (Å²) < 4.78 is 36.4. The van der Waals surface area contributed by atoms with Crippen LogP contribution >= 0.6 is 11.7 Å². The van der Waals surface area contributed by atoms with Crippen LogP contribution in [-0.4, -0.2) is 81.2 Å². The summed E-state index contributed by atoms with van der Waals surface area (Å²) in [5.41, 5.74) is 1.75. The monoisotopic (exact) mass is 513 g/mol. The van der Waals surface area contributed by atoms with Crippen molar-refractivity contribution in [2.45, 2.75) is 30.2 Å². The molecule has 0 aliphatic carbocycles. The van der Waals surface area contributed by atoms with Gasteiger partial charge in [0.25, 0.3) is 0 Å². The Morgan fingerprint density at radius 2 is 1.74 bits per heavy atom. The van der Waals surface area contributed by atoms with E-state index in [1.807, 2.05) is 30.3 Å². The minimum absolute atomic E-state index is 0.00124. The molecule has 3 heterocycles. The minimum Gasteiger partial charge on any atom is -0.323 e. The molecule has 0 radical (unpaired) electrons. The Morgan fingerprint density at radius 1 is 1.00 bits per heavy atom. The third-order valence-electron chi connectivity index (χ3n) is 6.36. The Bertz CT molecular complexity index is 1370. The first-order valence-electron chi connectivity index (χ1n) is 11.3. The van der Waals surface area contributed by atoms with Crippen LogP contribution in [0.15, 0.2) is 53.4 Å². The summed E-state index contributed by atoms with van der Waals surface area (Å²) in [4.78, 5) is 41.2. The van der Waals surface area contributed by atoms with Crippen molar-refractivity contribution in [3.8, 4) is 0 Å². The molecule has 3 aromatic rings. The number of amides is 3. The summed E-state index contributed by atoms with van der Waals surface area (Å²) in [6.45, 7) is -0.102. The van der Waals surface area contributed by atoms with Gasteiger partial charge in [-0.05, 0) is 37.0 Å². The van der Waals surface area contributed by atoms with Gasteiger partial charge in [0.15, 0.2) is 0 Å². The smallest absolute Gasteiger partial charge is 0.248 e. The molecule has 0 N–H and O–H groups in total. The molecule has 35 heavy (non-hydrogen) atoms. The molecule has 5 rings (SSSR count). The van der Waals surface area contributed by atoms with Crippen molar-refractivity contribution in [1.29, 1.82) is 0 Å². The summed E-state index contributed by atoms with van der Waals surface area (Å²) in [6.07, 6.45) is 1.34. The van der Waals surface area contributed by atoms with Gasteiger partial charge in [0.2, 0.25) is 27.7 Å². The molecule has 3 amide bonds. The largest absolute Gasteiger partial charge is 0.323 e. The van der Waals surface area contributed by atoms with Crippen LogP contribution in [0.5, 0.6) is 0 Å². The van der Waals surface area contributed by atoms with Crippen LogP contribution in [0.4, 0.5) is 0 Å². The first-order valence-corrected chi connectivity index (χ1v) is 13.4. The topological polar surface area (TPSA) is 121 Å². The average Bonchev–Trinajstić information content (AvgIpc) is 3.53. The number of imide groups is 1. The second-order valence-corrected chi connectivity index (χ2v) is 10.9. The maximum Gasteiger partial charge on any atom is 0.248 e. The predicted octanol–water partition coefficient (Wildman–Crippen LogP) is 1.28. The summed E-state index contributed by atoms with van der Waals surface area (Å²) in [7, 11) is -4.04. The fourth-order valence-corrected chi connectivity index (χ4v) is 6.99. The van der Waals surface area contributed by atoms with Crippen molar-refractivity contribution in [1.82, 2.24) is 22.9 Å². The third-order valence-corrected chi connectivity index (χ3v) is 8.84. The van der Waals surface area contributed by atoms with E-state index in [2.05, 4.69) is 8.75 Å². The minimum atomic E-state index is -4.04. The Labute approximate surface area is 206 Å². The number of aromatic nitrogens is 2. The number of sulfonamides is 1. The van der Waals surface area contributed by atoms with Gasteiger partial charge in [-0.25, -0.2) is 8.42 Å². The molecular weight excluding hydrogens is 490 g/mol. The molecule has 2 aromatic carbocycles. The van der Waals surface area contributed by atoms with E-state index in [1.54, 1.807) is 12.1 Å². The van der Waals surface area contributed by atoms with Gasteiger partial charge in [0, 0.05) is 13.1 Å². The normalized spacial score (nSPS) is 19.6. The van der Waals surface area contributed by atoms with E-state index in [9.17, 15) is 22.8 Å². The molecule has 2 fully saturated rings. The van der Waals surface area contributed by atoms with Crippen molar-refractivity contribution in [2.75, 3.05) is 26.2 Å². The molecular formula is C23H23N5O5S2. The molecule has 182 valence electrons. The molecule has 0 saturated carbocycles. The van der Waals surface area contributed by atoms with Crippen molar-refractivity contribution in [3.63, 3.8) is 0 Å². The van der Waals surface area contributed by atoms with Crippen LogP contribution in [0.1, 0.15) is 18.4 Å². The van der Waals surface area contributed by atoms with Crippen molar-refractivity contribution in [2.24, 2.45) is 0 Å². The van der Waals surface area contributed by atoms with Crippen LogP contribution in [0.25, 0.3) is 11.0 Å². The van der Waals surface area contributed by atoms with Crippen molar-refractivity contribution in [3.05, 3.63) is 54.1 Å². The van der Waals surface area contributed by atoms with Gasteiger partial charge in [-0.1, -0.05) is 36.4 Å². The highest BCUT2D eigenvalue weighted by atomic mass is 32.2. The number of hydrogen-bond acceptors (Lipinski definition) is 8. The Balaban J connectivity index is 1.30. The number of benzene rings is 2. The van der Waals surface area contributed by atoms with E-state index in [0.29, 0.717) is 24.8 Å². The second kappa shape index (κ2) is 9.44. The van der Waals surface area contributed by atoms with E-state index in [4.69, 9.17) is 0 Å². The molecule has 0 unspecified atom stereocenters. The Hall–Kier alpha value is -3.22. The summed E-state index contributed by atoms with van der Waals surface area (Å²) in [5, 5.41) is 0. The molecule has 12 heteroatoms. The first-order chi connectivity index (χ1) is 16.9. The fourth-order valence-electron chi connectivity index (χ4n) is 4.58. The highest BCUT2D eigenvalue weighted by Gasteiger charge is 2.44. The van der Waals surface area contributed by atoms with Crippen LogP contribution < -0.4 is 0 Å². The second-order valence-electron chi connectivity index (χ2n) is 8.53. The number of carbonyl (C=O) groups excluding carboxylic acids is 3. The maximum atomic E-state index is 13.5. The zero-order valence-corrected chi connectivity index (χ0v) is 20.4. The number of rotatable bonds is 6. The van der Waals surface area contributed by atoms with Crippen molar-refractivity contribution >= 4 is 50.5 Å². The molecule has 1 atom stereocenters. The van der Waals surface area contributed by atoms with E-state index < -0.39 is 33.8 Å². The lowest BCUT2D eigenvalue weighted by Crippen LogP contribution is -2.59. The van der Waals surface area contributed by atoms with Crippen LogP contribution in [0.3, 0.4) is 0 Å². The molecule has 2 saturated heterocycles. The van der Waals surface area contributed by atoms with Gasteiger partial charge in [-0.15, -0.1) is 0 Å². The lowest BCUT2D eigenvalue weighted by Gasteiger charge is -2.35. The van der Waals surface area contributed by atoms with Gasteiger partial charge >= 0.3 is 0 Å². The standard InChI is InChI=1S/C23H23N5O5S2/c29-20-14-26(15-21(30)27(20)13-11-16-6-2-1-3-7-16)23(31)18-9-5-12-28(18)35(32,33)19-10-4-8-17-22(19)25-34-24-17/h1-4,6-8,10,18H,5,9,11-15H2/t18-/m1/s1. The Morgan fingerprint density at radius 3 is 2.49 bits per heavy atom. The molecule has 2 aliphatic heterocycles. The number of piperazine rings is 1. The predicted molar refractivity (Wildman–Crippen MR) is 128 cm³/mol. The average molecular weight is 514 g/mol. The van der Waals surface area contributed by atoms with Crippen LogP contribution in [0, 0.1) is 0 Å². The van der Waals surface area contributed by atoms with Gasteiger partial charge in [0.05, 0.1) is 11.7 Å². The molecule has 2 aliphatic rings. The Kier molecular flexibility index (Phi) is 6.34.